The molecule has 7 nitrogen and oxygen atoms in total. The van der Waals surface area contributed by atoms with Crippen LogP contribution in [0.3, 0.4) is 0 Å². The Morgan fingerprint density at radius 1 is 1.03 bits per heavy atom. The number of hydrogen-bond acceptors (Lipinski definition) is 5. The van der Waals surface area contributed by atoms with Crippen molar-refractivity contribution in [1.82, 2.24) is 14.7 Å². The first-order valence-corrected chi connectivity index (χ1v) is 10.3. The number of carbonyl (C=O) groups is 2. The van der Waals surface area contributed by atoms with E-state index in [9.17, 15) is 18.0 Å². The molecule has 2 aliphatic heterocycles. The molecule has 3 rings (SSSR count). The van der Waals surface area contributed by atoms with E-state index >= 15 is 0 Å². The van der Waals surface area contributed by atoms with Crippen LogP contribution in [0.2, 0.25) is 0 Å². The van der Waals surface area contributed by atoms with Crippen LogP contribution in [0.25, 0.3) is 0 Å². The first kappa shape index (κ1) is 25.1. The van der Waals surface area contributed by atoms with Crippen LogP contribution in [0.5, 0.6) is 0 Å². The number of likely N-dealkylation sites (tertiary alicyclic amines) is 1. The zero-order valence-electron chi connectivity index (χ0n) is 17.6. The second-order valence-electron chi connectivity index (χ2n) is 8.02. The standard InChI is InChI=1S/C19H29N3O2.C2HF3O2/c1-20-8-3-2-7-18(20)15-22-11-9-21(10-12-22)14-16-5-4-6-17(13-16)19(23)24;3-2(4,5)1(6)7/h4-6,13,18H,2-3,7-12,14-15H2,1H3,(H,23,24);(H,6,7). The number of aliphatic carboxylic acids is 1. The summed E-state index contributed by atoms with van der Waals surface area (Å²) in [5, 5.41) is 16.2. The minimum atomic E-state index is -5.08. The van der Waals surface area contributed by atoms with E-state index in [4.69, 9.17) is 15.0 Å². The molecule has 0 aliphatic carbocycles. The molecule has 0 amide bonds. The predicted octanol–water partition coefficient (Wildman–Crippen LogP) is 2.62. The van der Waals surface area contributed by atoms with Crippen LogP contribution >= 0.6 is 0 Å². The topological polar surface area (TPSA) is 84.3 Å². The number of halogens is 3. The fourth-order valence-corrected chi connectivity index (χ4v) is 3.86. The Hall–Kier alpha value is -2.17. The van der Waals surface area contributed by atoms with E-state index in [1.54, 1.807) is 12.1 Å². The van der Waals surface area contributed by atoms with Crippen LogP contribution in [0, 0.1) is 0 Å². The lowest BCUT2D eigenvalue weighted by Crippen LogP contribution is -2.51. The fourth-order valence-electron chi connectivity index (χ4n) is 3.86. The first-order chi connectivity index (χ1) is 14.6. The molecule has 0 spiro atoms. The Balaban J connectivity index is 0.000000423. The number of alkyl halides is 3. The van der Waals surface area contributed by atoms with Gasteiger partial charge < -0.3 is 15.1 Å². The van der Waals surface area contributed by atoms with E-state index in [0.29, 0.717) is 5.56 Å². The molecule has 1 atom stereocenters. The summed E-state index contributed by atoms with van der Waals surface area (Å²) in [6.45, 7) is 7.63. The highest BCUT2D eigenvalue weighted by molar-refractivity contribution is 5.87. The summed E-state index contributed by atoms with van der Waals surface area (Å²) < 4.78 is 31.7. The number of piperidine rings is 1. The molecule has 2 heterocycles. The quantitative estimate of drug-likeness (QED) is 0.721. The van der Waals surface area contributed by atoms with Crippen molar-refractivity contribution in [1.29, 1.82) is 0 Å². The molecule has 0 bridgehead atoms. The number of piperazine rings is 1. The van der Waals surface area contributed by atoms with E-state index in [0.717, 1.165) is 44.3 Å². The van der Waals surface area contributed by atoms with Crippen molar-refractivity contribution in [3.05, 3.63) is 35.4 Å². The van der Waals surface area contributed by atoms with Crippen molar-refractivity contribution < 1.29 is 33.0 Å². The van der Waals surface area contributed by atoms with E-state index in [1.165, 1.54) is 32.4 Å². The van der Waals surface area contributed by atoms with Crippen molar-refractivity contribution in [3.8, 4) is 0 Å². The number of nitrogens with zero attached hydrogens (tertiary/aromatic N) is 3. The number of hydrogen-bond donors (Lipinski definition) is 2. The van der Waals surface area contributed by atoms with Crippen LogP contribution in [-0.2, 0) is 11.3 Å². The first-order valence-electron chi connectivity index (χ1n) is 10.3. The average Bonchev–Trinajstić information content (AvgIpc) is 2.71. The van der Waals surface area contributed by atoms with Gasteiger partial charge in [0.1, 0.15) is 0 Å². The van der Waals surface area contributed by atoms with Crippen LogP contribution in [0.1, 0.15) is 35.2 Å². The molecular weight excluding hydrogens is 415 g/mol. The molecule has 0 saturated carbocycles. The second-order valence-corrected chi connectivity index (χ2v) is 8.02. The van der Waals surface area contributed by atoms with Gasteiger partial charge in [0.05, 0.1) is 5.56 Å². The lowest BCUT2D eigenvalue weighted by molar-refractivity contribution is -0.192. The van der Waals surface area contributed by atoms with E-state index in [-0.39, 0.29) is 0 Å². The fraction of sp³-hybridized carbons (Fsp3) is 0.619. The van der Waals surface area contributed by atoms with Gasteiger partial charge in [-0.05, 0) is 44.1 Å². The highest BCUT2D eigenvalue weighted by atomic mass is 19.4. The summed E-state index contributed by atoms with van der Waals surface area (Å²) >= 11 is 0. The molecule has 10 heteroatoms. The number of carboxylic acid groups (broad SMARTS) is 2. The number of likely N-dealkylation sites (N-methyl/N-ethyl adjacent to an activating group) is 1. The van der Waals surface area contributed by atoms with Gasteiger partial charge in [-0.25, -0.2) is 9.59 Å². The van der Waals surface area contributed by atoms with Crippen LogP contribution < -0.4 is 0 Å². The zero-order valence-corrected chi connectivity index (χ0v) is 17.6. The van der Waals surface area contributed by atoms with Gasteiger partial charge >= 0.3 is 18.1 Å². The molecule has 0 radical (unpaired) electrons. The third kappa shape index (κ3) is 8.47. The van der Waals surface area contributed by atoms with Crippen LogP contribution in [0.15, 0.2) is 24.3 Å². The largest absolute Gasteiger partial charge is 0.490 e. The molecule has 2 N–H and O–H groups in total. The predicted molar refractivity (Wildman–Crippen MR) is 109 cm³/mol. The van der Waals surface area contributed by atoms with Gasteiger partial charge in [0.2, 0.25) is 0 Å². The smallest absolute Gasteiger partial charge is 0.478 e. The maximum absolute atomic E-state index is 11.1. The minimum absolute atomic E-state index is 0.381. The second kappa shape index (κ2) is 11.4. The highest BCUT2D eigenvalue weighted by Crippen LogP contribution is 2.17. The number of benzene rings is 1. The monoisotopic (exact) mass is 445 g/mol. The van der Waals surface area contributed by atoms with E-state index in [1.807, 2.05) is 12.1 Å². The zero-order chi connectivity index (χ0) is 23.0. The van der Waals surface area contributed by atoms with Gasteiger partial charge in [-0.3, -0.25) is 9.80 Å². The van der Waals surface area contributed by atoms with Crippen molar-refractivity contribution in [2.75, 3.05) is 46.3 Å². The maximum Gasteiger partial charge on any atom is 0.490 e. The van der Waals surface area contributed by atoms with Gasteiger partial charge in [-0.1, -0.05) is 18.6 Å². The molecule has 2 aliphatic rings. The van der Waals surface area contributed by atoms with Gasteiger partial charge in [0, 0.05) is 45.3 Å². The molecule has 31 heavy (non-hydrogen) atoms. The molecule has 174 valence electrons. The normalized spacial score (nSPS) is 21.2. The molecular formula is C21H30F3N3O4. The van der Waals surface area contributed by atoms with Crippen molar-refractivity contribution >= 4 is 11.9 Å². The summed E-state index contributed by atoms with van der Waals surface area (Å²) in [6.07, 6.45) is -1.04. The van der Waals surface area contributed by atoms with Gasteiger partial charge in [0.25, 0.3) is 0 Å². The van der Waals surface area contributed by atoms with Gasteiger partial charge in [-0.2, -0.15) is 13.2 Å². The van der Waals surface area contributed by atoms with Gasteiger partial charge in [-0.15, -0.1) is 0 Å². The van der Waals surface area contributed by atoms with Crippen LogP contribution in [0.4, 0.5) is 13.2 Å². The Bertz CT molecular complexity index is 737. The lowest BCUT2D eigenvalue weighted by Gasteiger charge is -2.40. The third-order valence-corrected chi connectivity index (χ3v) is 5.68. The summed E-state index contributed by atoms with van der Waals surface area (Å²) in [5.41, 5.74) is 1.47. The number of carboxylic acids is 2. The molecule has 0 aromatic heterocycles. The molecule has 1 unspecified atom stereocenters. The Labute approximate surface area is 180 Å². The highest BCUT2D eigenvalue weighted by Gasteiger charge is 2.38. The van der Waals surface area contributed by atoms with Gasteiger partial charge in [0.15, 0.2) is 0 Å². The summed E-state index contributed by atoms with van der Waals surface area (Å²) in [5.74, 6) is -3.61. The van der Waals surface area contributed by atoms with Crippen molar-refractivity contribution in [2.45, 2.75) is 38.0 Å². The van der Waals surface area contributed by atoms with Crippen molar-refractivity contribution in [2.24, 2.45) is 0 Å². The molecule has 1 aromatic carbocycles. The minimum Gasteiger partial charge on any atom is -0.478 e. The van der Waals surface area contributed by atoms with Crippen LogP contribution in [-0.4, -0.2) is 95.4 Å². The Kier molecular flexibility index (Phi) is 9.27. The third-order valence-electron chi connectivity index (χ3n) is 5.68. The summed E-state index contributed by atoms with van der Waals surface area (Å²) in [6, 6.07) is 8.04. The Morgan fingerprint density at radius 3 is 2.19 bits per heavy atom. The molecule has 2 saturated heterocycles. The Morgan fingerprint density at radius 2 is 1.65 bits per heavy atom. The molecule has 1 aromatic rings. The summed E-state index contributed by atoms with van der Waals surface area (Å²) in [7, 11) is 2.26. The summed E-state index contributed by atoms with van der Waals surface area (Å²) in [4.78, 5) is 27.5. The number of aromatic carboxylic acids is 1. The van der Waals surface area contributed by atoms with Crippen molar-refractivity contribution in [3.63, 3.8) is 0 Å². The van der Waals surface area contributed by atoms with E-state index in [2.05, 4.69) is 21.7 Å². The lowest BCUT2D eigenvalue weighted by atomic mass is 10.0. The average molecular weight is 445 g/mol. The maximum atomic E-state index is 11.1. The SMILES string of the molecule is CN1CCCCC1CN1CCN(Cc2cccc(C(=O)O)c2)CC1.O=C(O)C(F)(F)F. The number of rotatable bonds is 5. The molecule has 2 fully saturated rings. The van der Waals surface area contributed by atoms with E-state index < -0.39 is 18.1 Å².